The highest BCUT2D eigenvalue weighted by Crippen LogP contribution is 2.20. The molecule has 2 aliphatic rings. The number of fused-ring (bicyclic) bond motifs is 3. The first-order chi connectivity index (χ1) is 10.0. The molecule has 0 aliphatic carbocycles. The average molecular weight is 291 g/mol. The molecule has 2 aliphatic heterocycles. The minimum Gasteiger partial charge on any atom is -0.379 e. The second-order valence-corrected chi connectivity index (χ2v) is 6.58. The number of rotatable bonds is 3. The Balaban J connectivity index is 1.74. The third-order valence-corrected chi connectivity index (χ3v) is 4.72. The number of nitrogens with zero attached hydrogens (tertiary/aromatic N) is 3. The van der Waals surface area contributed by atoms with E-state index in [4.69, 9.17) is 4.74 Å². The van der Waals surface area contributed by atoms with Crippen LogP contribution < -0.4 is 0 Å². The van der Waals surface area contributed by atoms with Crippen LogP contribution in [0.5, 0.6) is 0 Å². The molecule has 0 saturated carbocycles. The number of aromatic nitrogens is 1. The fourth-order valence-electron chi connectivity index (χ4n) is 3.47. The fourth-order valence-corrected chi connectivity index (χ4v) is 3.47. The third-order valence-electron chi connectivity index (χ3n) is 4.72. The van der Waals surface area contributed by atoms with Gasteiger partial charge >= 0.3 is 0 Å². The van der Waals surface area contributed by atoms with E-state index in [0.29, 0.717) is 12.0 Å². The van der Waals surface area contributed by atoms with Gasteiger partial charge in [0.1, 0.15) is 0 Å². The minimum absolute atomic E-state index is 0.137. The number of hydrogen-bond donors (Lipinski definition) is 0. The molecule has 0 N–H and O–H groups in total. The maximum atomic E-state index is 11.5. The lowest BCUT2D eigenvalue weighted by molar-refractivity contribution is 0.0510. The van der Waals surface area contributed by atoms with Crippen molar-refractivity contribution in [2.24, 2.45) is 13.0 Å². The molecule has 0 amide bonds. The monoisotopic (exact) mass is 291 g/mol. The lowest BCUT2D eigenvalue weighted by Gasteiger charge is -2.29. The van der Waals surface area contributed by atoms with E-state index < -0.39 is 0 Å². The first-order valence-electron chi connectivity index (χ1n) is 7.69. The van der Waals surface area contributed by atoms with Crippen molar-refractivity contribution in [1.29, 1.82) is 0 Å². The van der Waals surface area contributed by atoms with Crippen LogP contribution in [0.3, 0.4) is 0 Å². The molecule has 0 radical (unpaired) electrons. The van der Waals surface area contributed by atoms with Gasteiger partial charge in [0, 0.05) is 62.6 Å². The van der Waals surface area contributed by atoms with Gasteiger partial charge in [0.05, 0.1) is 13.2 Å². The molecule has 1 aromatic rings. The largest absolute Gasteiger partial charge is 0.379 e. The molecule has 2 fully saturated rings. The Morgan fingerprint density at radius 1 is 1.29 bits per heavy atom. The summed E-state index contributed by atoms with van der Waals surface area (Å²) in [5, 5.41) is 0. The van der Waals surface area contributed by atoms with E-state index in [1.807, 2.05) is 19.3 Å². The molecule has 5 heteroatoms. The quantitative estimate of drug-likeness (QED) is 0.779. The Morgan fingerprint density at radius 2 is 2.10 bits per heavy atom. The smallest absolute Gasteiger partial charge is 0.161 e. The van der Waals surface area contributed by atoms with Crippen LogP contribution in [-0.4, -0.2) is 66.1 Å². The molecular formula is C16H25N3O2. The van der Waals surface area contributed by atoms with Crippen molar-refractivity contribution in [2.75, 3.05) is 39.9 Å². The molecule has 2 saturated heterocycles. The van der Waals surface area contributed by atoms with Crippen molar-refractivity contribution >= 4 is 5.78 Å². The highest BCUT2D eigenvalue weighted by molar-refractivity contribution is 5.94. The van der Waals surface area contributed by atoms with Crippen molar-refractivity contribution in [3.63, 3.8) is 0 Å². The summed E-state index contributed by atoms with van der Waals surface area (Å²) in [6.07, 6.45) is 1.94. The molecule has 5 nitrogen and oxygen atoms in total. The Morgan fingerprint density at radius 3 is 2.81 bits per heavy atom. The number of carbonyl (C=O) groups is 1. The van der Waals surface area contributed by atoms with Crippen molar-refractivity contribution in [1.82, 2.24) is 14.4 Å². The van der Waals surface area contributed by atoms with E-state index in [-0.39, 0.29) is 5.78 Å². The Kier molecular flexibility index (Phi) is 4.15. The van der Waals surface area contributed by atoms with Crippen LogP contribution in [0.1, 0.15) is 23.0 Å². The lowest BCUT2D eigenvalue weighted by Crippen LogP contribution is -2.42. The normalized spacial score (nSPS) is 27.6. The summed E-state index contributed by atoms with van der Waals surface area (Å²) >= 11 is 0. The highest BCUT2D eigenvalue weighted by Gasteiger charge is 2.31. The summed E-state index contributed by atoms with van der Waals surface area (Å²) in [5.74, 6) is 0.716. The first-order valence-corrected chi connectivity index (χ1v) is 7.69. The van der Waals surface area contributed by atoms with Crippen molar-refractivity contribution < 1.29 is 9.53 Å². The van der Waals surface area contributed by atoms with E-state index >= 15 is 0 Å². The number of hydrogen-bond acceptors (Lipinski definition) is 4. The van der Waals surface area contributed by atoms with E-state index in [1.54, 1.807) is 6.92 Å². The van der Waals surface area contributed by atoms with E-state index in [2.05, 4.69) is 21.4 Å². The molecule has 21 heavy (non-hydrogen) atoms. The lowest BCUT2D eigenvalue weighted by atomic mass is 10.1. The molecule has 2 atom stereocenters. The van der Waals surface area contributed by atoms with Gasteiger partial charge < -0.3 is 9.30 Å². The number of ketones is 1. The van der Waals surface area contributed by atoms with Crippen molar-refractivity contribution in [3.8, 4) is 0 Å². The van der Waals surface area contributed by atoms with Gasteiger partial charge in [-0.15, -0.1) is 0 Å². The van der Waals surface area contributed by atoms with Gasteiger partial charge in [-0.05, 0) is 20.0 Å². The van der Waals surface area contributed by atoms with E-state index in [0.717, 1.165) is 45.0 Å². The van der Waals surface area contributed by atoms with Gasteiger partial charge in [0.15, 0.2) is 5.78 Å². The molecule has 116 valence electrons. The molecule has 0 aromatic carbocycles. The molecule has 1 aromatic heterocycles. The van der Waals surface area contributed by atoms with Crippen LogP contribution >= 0.6 is 0 Å². The average Bonchev–Trinajstić information content (AvgIpc) is 2.57. The summed E-state index contributed by atoms with van der Waals surface area (Å²) < 4.78 is 7.85. The fraction of sp³-hybridized carbons (Fsp3) is 0.688. The summed E-state index contributed by atoms with van der Waals surface area (Å²) in [4.78, 5) is 16.5. The second-order valence-electron chi connectivity index (χ2n) is 6.58. The number of likely N-dealkylation sites (N-methyl/N-ethyl adjacent to an activating group) is 1. The third kappa shape index (κ3) is 3.20. The van der Waals surface area contributed by atoms with Gasteiger partial charge in [-0.1, -0.05) is 0 Å². The molecular weight excluding hydrogens is 266 g/mol. The Hall–Kier alpha value is -1.17. The van der Waals surface area contributed by atoms with Crippen molar-refractivity contribution in [3.05, 3.63) is 23.5 Å². The SMILES string of the molecule is CC(=O)c1cc(CN2C[C@@H]3COC[C@H](C2)N(C)C3)n(C)c1. The van der Waals surface area contributed by atoms with Crippen LogP contribution in [0.2, 0.25) is 0 Å². The number of carbonyl (C=O) groups excluding carboxylic acids is 1. The van der Waals surface area contributed by atoms with Crippen LogP contribution in [0.15, 0.2) is 12.3 Å². The predicted molar refractivity (Wildman–Crippen MR) is 81.4 cm³/mol. The second kappa shape index (κ2) is 5.91. The zero-order chi connectivity index (χ0) is 15.0. The van der Waals surface area contributed by atoms with Gasteiger partial charge in [0.2, 0.25) is 0 Å². The maximum absolute atomic E-state index is 11.5. The topological polar surface area (TPSA) is 37.7 Å². The van der Waals surface area contributed by atoms with Crippen LogP contribution in [0, 0.1) is 5.92 Å². The van der Waals surface area contributed by atoms with Gasteiger partial charge in [-0.2, -0.15) is 0 Å². The molecule has 0 unspecified atom stereocenters. The summed E-state index contributed by atoms with van der Waals surface area (Å²) in [6, 6.07) is 2.51. The highest BCUT2D eigenvalue weighted by atomic mass is 16.5. The van der Waals surface area contributed by atoms with Crippen LogP contribution in [0.4, 0.5) is 0 Å². The first kappa shape index (κ1) is 14.8. The molecule has 3 heterocycles. The van der Waals surface area contributed by atoms with Gasteiger partial charge in [-0.3, -0.25) is 14.6 Å². The molecule has 2 bridgehead atoms. The van der Waals surface area contributed by atoms with Crippen LogP contribution in [0.25, 0.3) is 0 Å². The standard InChI is InChI=1S/C16H25N3O2/c1-12(20)14-4-15(18(3)7-14)8-19-6-13-5-17(2)16(9-19)11-21-10-13/h4,7,13,16H,5-6,8-11H2,1-3H3/t13-,16+/m1/s1. The van der Waals surface area contributed by atoms with Gasteiger partial charge in [0.25, 0.3) is 0 Å². The van der Waals surface area contributed by atoms with E-state index in [9.17, 15) is 4.79 Å². The predicted octanol–water partition coefficient (Wildman–Crippen LogP) is 0.990. The number of Topliss-reactive ketones (excluding diaryl/α,β-unsaturated/α-hetero) is 1. The number of aryl methyl sites for hydroxylation is 1. The molecule has 0 spiro atoms. The van der Waals surface area contributed by atoms with Crippen molar-refractivity contribution in [2.45, 2.75) is 19.5 Å². The Bertz CT molecular complexity index is 526. The minimum atomic E-state index is 0.137. The molecule has 3 rings (SSSR count). The maximum Gasteiger partial charge on any atom is 0.161 e. The zero-order valence-corrected chi connectivity index (χ0v) is 13.2. The zero-order valence-electron chi connectivity index (χ0n) is 13.2. The summed E-state index contributed by atoms with van der Waals surface area (Å²) in [5.41, 5.74) is 2.02. The number of ether oxygens (including phenoxy) is 1. The summed E-state index contributed by atoms with van der Waals surface area (Å²) in [7, 11) is 4.22. The van der Waals surface area contributed by atoms with Gasteiger partial charge in [-0.25, -0.2) is 0 Å². The Labute approximate surface area is 126 Å². The van der Waals surface area contributed by atoms with E-state index in [1.165, 1.54) is 5.69 Å². The van der Waals surface area contributed by atoms with Crippen LogP contribution in [-0.2, 0) is 18.3 Å². The summed E-state index contributed by atoms with van der Waals surface area (Å²) in [6.45, 7) is 7.45.